The zero-order valence-electron chi connectivity index (χ0n) is 12.7. The van der Waals surface area contributed by atoms with Gasteiger partial charge in [0.15, 0.2) is 0 Å². The van der Waals surface area contributed by atoms with Gasteiger partial charge in [-0.05, 0) is 42.2 Å². The molecule has 0 radical (unpaired) electrons. The van der Waals surface area contributed by atoms with Gasteiger partial charge < -0.3 is 9.88 Å². The minimum Gasteiger partial charge on any atom is -0.361 e. The Balaban J connectivity index is 1.64. The first-order chi connectivity index (χ1) is 11.2. The largest absolute Gasteiger partial charge is 0.361 e. The summed E-state index contributed by atoms with van der Waals surface area (Å²) in [6.45, 7) is 0.650. The summed E-state index contributed by atoms with van der Waals surface area (Å²) >= 11 is 0. The summed E-state index contributed by atoms with van der Waals surface area (Å²) in [7, 11) is 0. The molecule has 0 spiro atoms. The van der Waals surface area contributed by atoms with E-state index >= 15 is 0 Å². The number of aromatic nitrogens is 1. The van der Waals surface area contributed by atoms with Crippen molar-refractivity contribution in [2.45, 2.75) is 19.3 Å². The molecule has 0 saturated heterocycles. The van der Waals surface area contributed by atoms with E-state index < -0.39 is 0 Å². The Morgan fingerprint density at radius 3 is 3.00 bits per heavy atom. The summed E-state index contributed by atoms with van der Waals surface area (Å²) in [5, 5.41) is 1.07. The van der Waals surface area contributed by atoms with Gasteiger partial charge in [-0.25, -0.2) is 4.39 Å². The van der Waals surface area contributed by atoms with Crippen LogP contribution in [0, 0.1) is 5.82 Å². The zero-order valence-corrected chi connectivity index (χ0v) is 12.7. The average molecular weight is 308 g/mol. The second-order valence-corrected chi connectivity index (χ2v) is 5.96. The highest BCUT2D eigenvalue weighted by molar-refractivity contribution is 5.98. The van der Waals surface area contributed by atoms with Crippen molar-refractivity contribution in [2.24, 2.45) is 0 Å². The smallest absolute Gasteiger partial charge is 0.231 e. The summed E-state index contributed by atoms with van der Waals surface area (Å²) in [5.74, 6) is -0.281. The highest BCUT2D eigenvalue weighted by atomic mass is 19.1. The second kappa shape index (κ2) is 5.54. The summed E-state index contributed by atoms with van der Waals surface area (Å²) in [6.07, 6.45) is 4.02. The van der Waals surface area contributed by atoms with Gasteiger partial charge >= 0.3 is 0 Å². The van der Waals surface area contributed by atoms with E-state index in [2.05, 4.69) is 4.98 Å². The van der Waals surface area contributed by atoms with E-state index in [-0.39, 0.29) is 11.7 Å². The van der Waals surface area contributed by atoms with Gasteiger partial charge in [-0.1, -0.05) is 24.3 Å². The lowest BCUT2D eigenvalue weighted by molar-refractivity contribution is -0.118. The molecule has 4 heteroatoms. The molecule has 1 aromatic heterocycles. The van der Waals surface area contributed by atoms with Crippen LogP contribution in [0.25, 0.3) is 10.9 Å². The molecule has 0 fully saturated rings. The van der Waals surface area contributed by atoms with E-state index in [4.69, 9.17) is 0 Å². The third kappa shape index (κ3) is 2.50. The molecule has 2 heterocycles. The van der Waals surface area contributed by atoms with Gasteiger partial charge in [-0.15, -0.1) is 0 Å². The molecule has 1 amide bonds. The molecule has 1 aliphatic rings. The molecule has 4 rings (SSSR count). The Hall–Kier alpha value is -2.62. The third-order valence-electron chi connectivity index (χ3n) is 4.48. The number of para-hydroxylation sites is 1. The Labute approximate surface area is 133 Å². The summed E-state index contributed by atoms with van der Waals surface area (Å²) < 4.78 is 13.6. The summed E-state index contributed by atoms with van der Waals surface area (Å²) in [4.78, 5) is 17.7. The number of nitrogens with one attached hydrogen (secondary N) is 1. The predicted octanol–water partition coefficient (Wildman–Crippen LogP) is 3.83. The highest BCUT2D eigenvalue weighted by Gasteiger charge is 2.23. The fourth-order valence-corrected chi connectivity index (χ4v) is 3.34. The molecule has 0 atom stereocenters. The molecular weight excluding hydrogens is 291 g/mol. The van der Waals surface area contributed by atoms with Crippen LogP contribution in [-0.4, -0.2) is 17.4 Å². The molecule has 0 bridgehead atoms. The van der Waals surface area contributed by atoms with Crippen LogP contribution in [-0.2, 0) is 17.6 Å². The SMILES string of the molecule is O=C(Cc1c[nH]c2ccccc12)N1CCCc2ccc(F)cc21. The fraction of sp³-hybridized carbons (Fsp3) is 0.211. The van der Waals surface area contributed by atoms with Gasteiger partial charge in [0.25, 0.3) is 0 Å². The number of aromatic amines is 1. The van der Waals surface area contributed by atoms with Crippen LogP contribution >= 0.6 is 0 Å². The number of benzene rings is 2. The summed E-state index contributed by atoms with van der Waals surface area (Å²) in [6, 6.07) is 12.7. The first-order valence-electron chi connectivity index (χ1n) is 7.86. The van der Waals surface area contributed by atoms with E-state index in [1.807, 2.05) is 30.5 Å². The Kier molecular flexibility index (Phi) is 3.37. The van der Waals surface area contributed by atoms with Crippen LogP contribution in [0.5, 0.6) is 0 Å². The molecule has 116 valence electrons. The van der Waals surface area contributed by atoms with E-state index in [0.29, 0.717) is 13.0 Å². The van der Waals surface area contributed by atoms with Crippen LogP contribution < -0.4 is 4.90 Å². The van der Waals surface area contributed by atoms with Crippen molar-refractivity contribution >= 4 is 22.5 Å². The zero-order chi connectivity index (χ0) is 15.8. The first-order valence-corrected chi connectivity index (χ1v) is 7.86. The van der Waals surface area contributed by atoms with Gasteiger partial charge in [0.1, 0.15) is 5.82 Å². The van der Waals surface area contributed by atoms with E-state index in [1.54, 1.807) is 11.0 Å². The van der Waals surface area contributed by atoms with Crippen LogP contribution in [0.2, 0.25) is 0 Å². The molecular formula is C19H17FN2O. The lowest BCUT2D eigenvalue weighted by Gasteiger charge is -2.29. The number of aryl methyl sites for hydroxylation is 1. The third-order valence-corrected chi connectivity index (χ3v) is 4.48. The average Bonchev–Trinajstić information content (AvgIpc) is 2.97. The quantitative estimate of drug-likeness (QED) is 0.767. The lowest BCUT2D eigenvalue weighted by Crippen LogP contribution is -2.36. The predicted molar refractivity (Wildman–Crippen MR) is 89.1 cm³/mol. The van der Waals surface area contributed by atoms with E-state index in [0.717, 1.165) is 40.6 Å². The lowest BCUT2D eigenvalue weighted by atomic mass is 10.0. The molecule has 23 heavy (non-hydrogen) atoms. The van der Waals surface area contributed by atoms with Crippen LogP contribution in [0.3, 0.4) is 0 Å². The van der Waals surface area contributed by atoms with Gasteiger partial charge in [0.2, 0.25) is 5.91 Å². The number of carbonyl (C=O) groups excluding carboxylic acids is 1. The van der Waals surface area contributed by atoms with Crippen molar-refractivity contribution in [3.63, 3.8) is 0 Å². The molecule has 0 saturated carbocycles. The second-order valence-electron chi connectivity index (χ2n) is 5.96. The maximum absolute atomic E-state index is 13.6. The standard InChI is InChI=1S/C19H17FN2O/c20-15-8-7-13-4-3-9-22(18(13)11-15)19(23)10-14-12-21-17-6-2-1-5-16(14)17/h1-2,5-8,11-12,21H,3-4,9-10H2. The Morgan fingerprint density at radius 1 is 1.22 bits per heavy atom. The van der Waals surface area contributed by atoms with Gasteiger partial charge in [0.05, 0.1) is 6.42 Å². The highest BCUT2D eigenvalue weighted by Crippen LogP contribution is 2.29. The molecule has 3 nitrogen and oxygen atoms in total. The van der Waals surface area contributed by atoms with Crippen molar-refractivity contribution in [3.8, 4) is 0 Å². The topological polar surface area (TPSA) is 36.1 Å². The Bertz CT molecular complexity index is 884. The number of H-pyrrole nitrogens is 1. The number of halogens is 1. The molecule has 1 aliphatic heterocycles. The van der Waals surface area contributed by atoms with Gasteiger partial charge in [-0.3, -0.25) is 4.79 Å². The number of anilines is 1. The molecule has 0 unspecified atom stereocenters. The minimum absolute atomic E-state index is 0.0151. The molecule has 3 aromatic rings. The number of hydrogen-bond donors (Lipinski definition) is 1. The maximum atomic E-state index is 13.6. The Morgan fingerprint density at radius 2 is 2.09 bits per heavy atom. The molecule has 0 aliphatic carbocycles. The molecule has 2 aromatic carbocycles. The van der Waals surface area contributed by atoms with Crippen LogP contribution in [0.1, 0.15) is 17.5 Å². The van der Waals surface area contributed by atoms with Crippen LogP contribution in [0.15, 0.2) is 48.7 Å². The first kappa shape index (κ1) is 14.0. The summed E-state index contributed by atoms with van der Waals surface area (Å²) in [5.41, 5.74) is 3.78. The van der Waals surface area contributed by atoms with Gasteiger partial charge in [0, 0.05) is 29.3 Å². The minimum atomic E-state index is -0.296. The fourth-order valence-electron chi connectivity index (χ4n) is 3.34. The monoisotopic (exact) mass is 308 g/mol. The van der Waals surface area contributed by atoms with Crippen molar-refractivity contribution in [1.29, 1.82) is 0 Å². The van der Waals surface area contributed by atoms with E-state index in [1.165, 1.54) is 12.1 Å². The number of nitrogens with zero attached hydrogens (tertiary/aromatic N) is 1. The van der Waals surface area contributed by atoms with Gasteiger partial charge in [-0.2, -0.15) is 0 Å². The van der Waals surface area contributed by atoms with Crippen molar-refractivity contribution in [1.82, 2.24) is 4.98 Å². The van der Waals surface area contributed by atoms with Crippen molar-refractivity contribution < 1.29 is 9.18 Å². The number of rotatable bonds is 2. The molecule has 1 N–H and O–H groups in total. The number of hydrogen-bond acceptors (Lipinski definition) is 1. The number of amides is 1. The normalized spacial score (nSPS) is 14.0. The van der Waals surface area contributed by atoms with Crippen LogP contribution in [0.4, 0.5) is 10.1 Å². The number of fused-ring (bicyclic) bond motifs is 2. The van der Waals surface area contributed by atoms with Crippen molar-refractivity contribution in [2.75, 3.05) is 11.4 Å². The maximum Gasteiger partial charge on any atom is 0.231 e. The van der Waals surface area contributed by atoms with E-state index in [9.17, 15) is 9.18 Å². The van der Waals surface area contributed by atoms with Crippen molar-refractivity contribution in [3.05, 3.63) is 65.6 Å². The number of carbonyl (C=O) groups is 1.